The molecule has 1 fully saturated rings. The Bertz CT molecular complexity index is 1070. The number of para-hydroxylation sites is 1. The minimum atomic E-state index is -0.150. The number of nitrogens with zero attached hydrogens (tertiary/aromatic N) is 4. The Kier molecular flexibility index (Phi) is 5.83. The van der Waals surface area contributed by atoms with Crippen LogP contribution in [0.4, 0.5) is 0 Å². The molecule has 0 spiro atoms. The Morgan fingerprint density at radius 1 is 0.968 bits per heavy atom. The topological polar surface area (TPSA) is 101 Å². The van der Waals surface area contributed by atoms with Gasteiger partial charge in [0.2, 0.25) is 0 Å². The summed E-state index contributed by atoms with van der Waals surface area (Å²) in [5.74, 6) is 0.622. The van der Waals surface area contributed by atoms with E-state index in [2.05, 4.69) is 15.2 Å². The summed E-state index contributed by atoms with van der Waals surface area (Å²) >= 11 is 0. The van der Waals surface area contributed by atoms with Crippen LogP contribution in [-0.2, 0) is 0 Å². The van der Waals surface area contributed by atoms with Crippen molar-refractivity contribution in [3.8, 4) is 22.8 Å². The Hall–Kier alpha value is -3.88. The number of methoxy groups -OCH3 is 2. The minimum absolute atomic E-state index is 0.145. The lowest BCUT2D eigenvalue weighted by molar-refractivity contribution is 0.0530. The fourth-order valence-electron chi connectivity index (χ4n) is 3.60. The van der Waals surface area contributed by atoms with Crippen molar-refractivity contribution in [2.45, 2.75) is 0 Å². The van der Waals surface area contributed by atoms with Gasteiger partial charge in [-0.25, -0.2) is 0 Å². The molecule has 1 N–H and O–H groups in total. The van der Waals surface area contributed by atoms with Crippen molar-refractivity contribution in [2.75, 3.05) is 40.4 Å². The van der Waals surface area contributed by atoms with Crippen LogP contribution in [0.5, 0.6) is 11.5 Å². The highest BCUT2D eigenvalue weighted by atomic mass is 16.5. The molecule has 0 unspecified atom stereocenters. The van der Waals surface area contributed by atoms with Gasteiger partial charge in [0.05, 0.1) is 25.5 Å². The van der Waals surface area contributed by atoms with Gasteiger partial charge in [0.15, 0.2) is 11.5 Å². The molecular formula is C22H23N5O4. The second-order valence-electron chi connectivity index (χ2n) is 7.03. The summed E-state index contributed by atoms with van der Waals surface area (Å²) in [6.07, 6.45) is 3.38. The Labute approximate surface area is 179 Å². The molecule has 3 heterocycles. The lowest BCUT2D eigenvalue weighted by atomic mass is 10.1. The summed E-state index contributed by atoms with van der Waals surface area (Å²) in [4.78, 5) is 33.4. The van der Waals surface area contributed by atoms with E-state index in [0.717, 1.165) is 5.56 Å². The third-order valence-electron chi connectivity index (χ3n) is 5.25. The number of hydrogen-bond acceptors (Lipinski definition) is 6. The second-order valence-corrected chi connectivity index (χ2v) is 7.03. The van der Waals surface area contributed by atoms with Crippen LogP contribution in [0, 0.1) is 0 Å². The van der Waals surface area contributed by atoms with Crippen molar-refractivity contribution >= 4 is 11.8 Å². The first kappa shape index (κ1) is 20.4. The molecule has 3 aromatic rings. The van der Waals surface area contributed by atoms with Crippen LogP contribution in [0.2, 0.25) is 0 Å². The van der Waals surface area contributed by atoms with E-state index >= 15 is 0 Å². The molecule has 1 saturated heterocycles. The van der Waals surface area contributed by atoms with Crippen LogP contribution >= 0.6 is 0 Å². The Morgan fingerprint density at radius 3 is 2.35 bits per heavy atom. The first-order chi connectivity index (χ1) is 15.1. The van der Waals surface area contributed by atoms with Gasteiger partial charge in [-0.15, -0.1) is 0 Å². The molecule has 4 rings (SSSR count). The van der Waals surface area contributed by atoms with E-state index in [4.69, 9.17) is 9.47 Å². The van der Waals surface area contributed by atoms with Gasteiger partial charge in [0, 0.05) is 44.1 Å². The number of ether oxygens (including phenoxy) is 2. The summed E-state index contributed by atoms with van der Waals surface area (Å²) < 4.78 is 10.7. The normalized spacial score (nSPS) is 13.7. The Balaban J connectivity index is 1.42. The maximum Gasteiger partial charge on any atom is 0.272 e. The predicted octanol–water partition coefficient (Wildman–Crippen LogP) is 2.09. The summed E-state index contributed by atoms with van der Waals surface area (Å²) in [6.45, 7) is 1.71. The van der Waals surface area contributed by atoms with E-state index in [0.29, 0.717) is 54.6 Å². The summed E-state index contributed by atoms with van der Waals surface area (Å²) in [6, 6.07) is 10.6. The number of benzene rings is 1. The van der Waals surface area contributed by atoms with E-state index in [-0.39, 0.29) is 11.8 Å². The van der Waals surface area contributed by atoms with Crippen LogP contribution in [0.1, 0.15) is 20.8 Å². The first-order valence-corrected chi connectivity index (χ1v) is 9.87. The highest BCUT2D eigenvalue weighted by molar-refractivity contribution is 5.98. The zero-order chi connectivity index (χ0) is 21.8. The van der Waals surface area contributed by atoms with Gasteiger partial charge >= 0.3 is 0 Å². The molecule has 0 bridgehead atoms. The third-order valence-corrected chi connectivity index (χ3v) is 5.25. The number of nitrogens with one attached hydrogen (secondary N) is 1. The Morgan fingerprint density at radius 2 is 1.71 bits per heavy atom. The number of amides is 2. The van der Waals surface area contributed by atoms with Gasteiger partial charge in [-0.05, 0) is 30.3 Å². The molecule has 2 aromatic heterocycles. The smallest absolute Gasteiger partial charge is 0.272 e. The zero-order valence-electron chi connectivity index (χ0n) is 17.4. The number of rotatable bonds is 5. The van der Waals surface area contributed by atoms with Crippen LogP contribution in [0.25, 0.3) is 11.3 Å². The van der Waals surface area contributed by atoms with Crippen molar-refractivity contribution in [1.82, 2.24) is 25.0 Å². The van der Waals surface area contributed by atoms with Crippen LogP contribution in [0.15, 0.2) is 48.8 Å². The molecule has 0 radical (unpaired) electrons. The molecule has 31 heavy (non-hydrogen) atoms. The number of carbonyl (C=O) groups excluding carboxylic acids is 2. The van der Waals surface area contributed by atoms with Gasteiger partial charge in [0.1, 0.15) is 5.69 Å². The number of aromatic amines is 1. The SMILES string of the molecule is COc1cccc(C(=O)N2CCN(C(=O)c3cc(-c4cccnc4)n[nH]3)CC2)c1OC. The van der Waals surface area contributed by atoms with E-state index in [9.17, 15) is 9.59 Å². The average molecular weight is 421 g/mol. The largest absolute Gasteiger partial charge is 0.493 e. The number of pyridine rings is 1. The maximum atomic E-state index is 13.0. The van der Waals surface area contributed by atoms with Crippen molar-refractivity contribution < 1.29 is 19.1 Å². The van der Waals surface area contributed by atoms with Gasteiger partial charge in [-0.3, -0.25) is 19.7 Å². The molecule has 2 amide bonds. The maximum absolute atomic E-state index is 13.0. The first-order valence-electron chi connectivity index (χ1n) is 9.87. The second kappa shape index (κ2) is 8.86. The highest BCUT2D eigenvalue weighted by Gasteiger charge is 2.28. The van der Waals surface area contributed by atoms with Crippen LogP contribution < -0.4 is 9.47 Å². The van der Waals surface area contributed by atoms with Crippen LogP contribution in [-0.4, -0.2) is 77.2 Å². The lowest BCUT2D eigenvalue weighted by Gasteiger charge is -2.34. The number of aromatic nitrogens is 3. The average Bonchev–Trinajstić information content (AvgIpc) is 3.33. The summed E-state index contributed by atoms with van der Waals surface area (Å²) in [5.41, 5.74) is 2.35. The standard InChI is InChI=1S/C22H23N5O4/c1-30-19-7-3-6-16(20(19)31-2)21(28)26-9-11-27(12-10-26)22(29)18-13-17(24-25-18)15-5-4-8-23-14-15/h3-8,13-14H,9-12H2,1-2H3,(H,24,25). The van der Waals surface area contributed by atoms with E-state index < -0.39 is 0 Å². The van der Waals surface area contributed by atoms with Crippen molar-refractivity contribution in [1.29, 1.82) is 0 Å². The zero-order valence-corrected chi connectivity index (χ0v) is 17.4. The number of piperazine rings is 1. The molecule has 0 atom stereocenters. The van der Waals surface area contributed by atoms with Crippen LogP contribution in [0.3, 0.4) is 0 Å². The molecule has 1 aliphatic heterocycles. The fraction of sp³-hybridized carbons (Fsp3) is 0.273. The van der Waals surface area contributed by atoms with E-state index in [1.54, 1.807) is 46.5 Å². The molecule has 0 aliphatic carbocycles. The van der Waals surface area contributed by atoms with E-state index in [1.807, 2.05) is 12.1 Å². The van der Waals surface area contributed by atoms with Crippen molar-refractivity contribution in [2.24, 2.45) is 0 Å². The highest BCUT2D eigenvalue weighted by Crippen LogP contribution is 2.31. The molecule has 1 aromatic carbocycles. The van der Waals surface area contributed by atoms with Gasteiger partial charge in [-0.1, -0.05) is 6.07 Å². The lowest BCUT2D eigenvalue weighted by Crippen LogP contribution is -2.50. The molecule has 9 heteroatoms. The quantitative estimate of drug-likeness (QED) is 0.677. The van der Waals surface area contributed by atoms with Gasteiger partial charge < -0.3 is 19.3 Å². The number of carbonyl (C=O) groups is 2. The van der Waals surface area contributed by atoms with Crippen molar-refractivity contribution in [3.05, 3.63) is 60.0 Å². The monoisotopic (exact) mass is 421 g/mol. The van der Waals surface area contributed by atoms with Crippen molar-refractivity contribution in [3.63, 3.8) is 0 Å². The van der Waals surface area contributed by atoms with Gasteiger partial charge in [-0.2, -0.15) is 5.10 Å². The fourth-order valence-corrected chi connectivity index (χ4v) is 3.60. The number of hydrogen-bond donors (Lipinski definition) is 1. The molecule has 160 valence electrons. The molecule has 1 aliphatic rings. The molecule has 9 nitrogen and oxygen atoms in total. The number of H-pyrrole nitrogens is 1. The molecule has 0 saturated carbocycles. The van der Waals surface area contributed by atoms with Gasteiger partial charge in [0.25, 0.3) is 11.8 Å². The third kappa shape index (κ3) is 4.07. The predicted molar refractivity (Wildman–Crippen MR) is 113 cm³/mol. The summed E-state index contributed by atoms with van der Waals surface area (Å²) in [7, 11) is 3.04. The van der Waals surface area contributed by atoms with E-state index in [1.165, 1.54) is 14.2 Å². The minimum Gasteiger partial charge on any atom is -0.493 e. The molecular weight excluding hydrogens is 398 g/mol. The summed E-state index contributed by atoms with van der Waals surface area (Å²) in [5, 5.41) is 7.03.